The molecule has 3 aliphatic heterocycles. The van der Waals surface area contributed by atoms with Gasteiger partial charge in [0.25, 0.3) is 0 Å². The van der Waals surface area contributed by atoms with Crippen molar-refractivity contribution in [3.63, 3.8) is 0 Å². The molecule has 6 heteroatoms. The minimum absolute atomic E-state index is 0.0508. The summed E-state index contributed by atoms with van der Waals surface area (Å²) in [6, 6.07) is 8.20. The molecule has 2 amide bonds. The fourth-order valence-electron chi connectivity index (χ4n) is 5.69. The van der Waals surface area contributed by atoms with Gasteiger partial charge in [-0.1, -0.05) is 23.7 Å². The molecule has 1 aromatic carbocycles. The highest BCUT2D eigenvalue weighted by Gasteiger charge is 2.40. The Bertz CT molecular complexity index is 864. The van der Waals surface area contributed by atoms with E-state index in [1.807, 2.05) is 17.0 Å². The molecule has 1 aromatic rings. The zero-order valence-electron chi connectivity index (χ0n) is 18.2. The molecule has 0 bridgehead atoms. The zero-order valence-corrected chi connectivity index (χ0v) is 19.0. The van der Waals surface area contributed by atoms with Crippen LogP contribution >= 0.6 is 11.6 Å². The van der Waals surface area contributed by atoms with Crippen molar-refractivity contribution in [2.75, 3.05) is 39.3 Å². The summed E-state index contributed by atoms with van der Waals surface area (Å²) in [5.41, 5.74) is 4.31. The summed E-state index contributed by atoms with van der Waals surface area (Å²) in [6.45, 7) is 6.30. The molecule has 166 valence electrons. The number of rotatable bonds is 3. The smallest absolute Gasteiger partial charge is 0.321 e. The van der Waals surface area contributed by atoms with E-state index >= 15 is 0 Å². The first kappa shape index (κ1) is 20.9. The third-order valence-corrected chi connectivity index (χ3v) is 7.95. The summed E-state index contributed by atoms with van der Waals surface area (Å²) in [5.74, 6) is 0.513. The highest BCUT2D eigenvalue weighted by atomic mass is 35.5. The maximum absolute atomic E-state index is 12.8. The summed E-state index contributed by atoms with van der Waals surface area (Å²) < 4.78 is 0. The highest BCUT2D eigenvalue weighted by Crippen LogP contribution is 2.39. The van der Waals surface area contributed by atoms with Crippen LogP contribution in [0.15, 0.2) is 47.8 Å². The van der Waals surface area contributed by atoms with Gasteiger partial charge in [-0.15, -0.1) is 0 Å². The van der Waals surface area contributed by atoms with Crippen molar-refractivity contribution in [3.05, 3.63) is 58.4 Å². The Morgan fingerprint density at radius 2 is 1.87 bits per heavy atom. The lowest BCUT2D eigenvalue weighted by Crippen LogP contribution is -2.44. The number of halogens is 1. The zero-order chi connectivity index (χ0) is 21.3. The molecule has 0 aromatic heterocycles. The normalized spacial score (nSPS) is 26.9. The van der Waals surface area contributed by atoms with Gasteiger partial charge in [0.05, 0.1) is 0 Å². The largest absolute Gasteiger partial charge is 0.374 e. The van der Waals surface area contributed by atoms with Crippen LogP contribution in [0, 0.1) is 5.41 Å². The van der Waals surface area contributed by atoms with Crippen LogP contribution in [0.5, 0.6) is 0 Å². The first-order valence-corrected chi connectivity index (χ1v) is 12.1. The number of benzene rings is 1. The maximum atomic E-state index is 12.8. The number of carbonyl (C=O) groups is 1. The second kappa shape index (κ2) is 8.87. The van der Waals surface area contributed by atoms with E-state index < -0.39 is 0 Å². The van der Waals surface area contributed by atoms with Crippen molar-refractivity contribution in [1.82, 2.24) is 20.4 Å². The molecule has 0 saturated carbocycles. The Labute approximate surface area is 190 Å². The van der Waals surface area contributed by atoms with Crippen LogP contribution in [0.3, 0.4) is 0 Å². The molecule has 5 rings (SSSR count). The lowest BCUT2D eigenvalue weighted by atomic mass is 9.86. The summed E-state index contributed by atoms with van der Waals surface area (Å²) in [5, 5.41) is 7.48. The Kier molecular flexibility index (Phi) is 5.98. The lowest BCUT2D eigenvalue weighted by Gasteiger charge is -2.33. The topological polar surface area (TPSA) is 47.6 Å². The van der Waals surface area contributed by atoms with E-state index in [-0.39, 0.29) is 6.03 Å². The number of nitrogens with one attached hydrogen (secondary N) is 2. The van der Waals surface area contributed by atoms with E-state index in [2.05, 4.69) is 39.8 Å². The second-order valence-electron chi connectivity index (χ2n) is 9.69. The van der Waals surface area contributed by atoms with E-state index in [9.17, 15) is 4.79 Å². The van der Waals surface area contributed by atoms with Crippen LogP contribution < -0.4 is 10.6 Å². The number of likely N-dealkylation sites (tertiary alicyclic amines) is 2. The SMILES string of the molecule is O=C(NC1=CC=C(N2CCC3(CCNC3)C2)CC1)N1CCC(c2ccc(Cl)cc2)CC1. The molecule has 1 aliphatic carbocycles. The Balaban J connectivity index is 1.12. The maximum Gasteiger partial charge on any atom is 0.321 e. The second-order valence-corrected chi connectivity index (χ2v) is 10.1. The summed E-state index contributed by atoms with van der Waals surface area (Å²) >= 11 is 6.01. The van der Waals surface area contributed by atoms with Gasteiger partial charge in [-0.2, -0.15) is 0 Å². The number of amides is 2. The molecule has 1 spiro atoms. The lowest BCUT2D eigenvalue weighted by molar-refractivity contribution is 0.183. The fourth-order valence-corrected chi connectivity index (χ4v) is 5.81. The van der Waals surface area contributed by atoms with E-state index in [0.717, 1.165) is 49.5 Å². The van der Waals surface area contributed by atoms with E-state index in [4.69, 9.17) is 11.6 Å². The van der Waals surface area contributed by atoms with Crippen molar-refractivity contribution in [3.8, 4) is 0 Å². The fraction of sp³-hybridized carbons (Fsp3) is 0.560. The summed E-state index contributed by atoms with van der Waals surface area (Å²) in [4.78, 5) is 17.3. The van der Waals surface area contributed by atoms with Gasteiger partial charge < -0.3 is 20.4 Å². The predicted molar refractivity (Wildman–Crippen MR) is 125 cm³/mol. The molecule has 4 aliphatic rings. The Morgan fingerprint density at radius 1 is 1.06 bits per heavy atom. The number of allylic oxidation sites excluding steroid dienone is 4. The van der Waals surface area contributed by atoms with Gasteiger partial charge in [0, 0.05) is 54.6 Å². The van der Waals surface area contributed by atoms with Gasteiger partial charge >= 0.3 is 6.03 Å². The van der Waals surface area contributed by atoms with Crippen LogP contribution in [0.1, 0.15) is 50.0 Å². The van der Waals surface area contributed by atoms with Crippen molar-refractivity contribution in [2.45, 2.75) is 44.4 Å². The summed E-state index contributed by atoms with van der Waals surface area (Å²) in [7, 11) is 0. The molecule has 5 nitrogen and oxygen atoms in total. The van der Waals surface area contributed by atoms with Crippen LogP contribution in [0.2, 0.25) is 5.02 Å². The molecule has 2 N–H and O–H groups in total. The first-order chi connectivity index (χ1) is 15.1. The Morgan fingerprint density at radius 3 is 2.55 bits per heavy atom. The molecule has 1 unspecified atom stereocenters. The third kappa shape index (κ3) is 4.63. The van der Waals surface area contributed by atoms with Crippen LogP contribution in [-0.2, 0) is 0 Å². The number of carbonyl (C=O) groups excluding carboxylic acids is 1. The minimum atomic E-state index is 0.0508. The van der Waals surface area contributed by atoms with Crippen molar-refractivity contribution < 1.29 is 4.79 Å². The molecular weight excluding hydrogens is 408 g/mol. The van der Waals surface area contributed by atoms with Gasteiger partial charge in [-0.05, 0) is 80.8 Å². The molecular formula is C25H33ClN4O. The van der Waals surface area contributed by atoms with Crippen LogP contribution in [-0.4, -0.2) is 55.1 Å². The molecule has 3 saturated heterocycles. The third-order valence-electron chi connectivity index (χ3n) is 7.70. The molecule has 31 heavy (non-hydrogen) atoms. The quantitative estimate of drug-likeness (QED) is 0.728. The van der Waals surface area contributed by atoms with E-state index in [0.29, 0.717) is 11.3 Å². The standard InChI is InChI=1S/C25H33ClN4O/c26-21-3-1-19(2-4-21)20-9-14-29(15-10-20)24(31)28-22-5-7-23(8-6-22)30-16-12-25(18-30)11-13-27-17-25/h1-5,7,20,27H,6,8-18H2,(H,28,31). The van der Waals surface area contributed by atoms with Gasteiger partial charge in [0.2, 0.25) is 0 Å². The number of nitrogens with zero attached hydrogens (tertiary/aromatic N) is 2. The molecule has 0 radical (unpaired) electrons. The van der Waals surface area contributed by atoms with Crippen LogP contribution in [0.25, 0.3) is 0 Å². The number of hydrogen-bond donors (Lipinski definition) is 2. The predicted octanol–water partition coefficient (Wildman–Crippen LogP) is 4.48. The van der Waals surface area contributed by atoms with Crippen LogP contribution in [0.4, 0.5) is 4.79 Å². The highest BCUT2D eigenvalue weighted by molar-refractivity contribution is 6.30. The van der Waals surface area contributed by atoms with E-state index in [1.165, 1.54) is 50.3 Å². The minimum Gasteiger partial charge on any atom is -0.374 e. The van der Waals surface area contributed by atoms with Gasteiger partial charge in [-0.25, -0.2) is 4.79 Å². The molecule has 3 fully saturated rings. The number of urea groups is 1. The van der Waals surface area contributed by atoms with Crippen molar-refractivity contribution in [1.29, 1.82) is 0 Å². The van der Waals surface area contributed by atoms with Gasteiger partial charge in [0.15, 0.2) is 0 Å². The average molecular weight is 441 g/mol. The first-order valence-electron chi connectivity index (χ1n) is 11.8. The monoisotopic (exact) mass is 440 g/mol. The molecule has 1 atom stereocenters. The van der Waals surface area contributed by atoms with Gasteiger partial charge in [0.1, 0.15) is 0 Å². The van der Waals surface area contributed by atoms with Crippen molar-refractivity contribution >= 4 is 17.6 Å². The Hall–Kier alpha value is -1.98. The summed E-state index contributed by atoms with van der Waals surface area (Å²) in [6.07, 6.45) is 10.9. The number of piperidine rings is 1. The number of hydrogen-bond acceptors (Lipinski definition) is 3. The molecule has 3 heterocycles. The average Bonchev–Trinajstić information content (AvgIpc) is 3.45. The van der Waals surface area contributed by atoms with Gasteiger partial charge in [-0.3, -0.25) is 0 Å². The van der Waals surface area contributed by atoms with Crippen molar-refractivity contribution in [2.24, 2.45) is 5.41 Å². The van der Waals surface area contributed by atoms with E-state index in [1.54, 1.807) is 0 Å².